The Morgan fingerprint density at radius 3 is 3.00 bits per heavy atom. The molecular weight excluding hydrogens is 242 g/mol. The van der Waals surface area contributed by atoms with Crippen LogP contribution in [0.2, 0.25) is 0 Å². The minimum Gasteiger partial charge on any atom is -0.379 e. The highest BCUT2D eigenvalue weighted by molar-refractivity contribution is 5.62. The van der Waals surface area contributed by atoms with Crippen molar-refractivity contribution < 1.29 is 0 Å². The first kappa shape index (κ1) is 11.4. The van der Waals surface area contributed by atoms with Gasteiger partial charge in [0.05, 0.1) is 12.2 Å². The van der Waals surface area contributed by atoms with Crippen molar-refractivity contribution in [1.29, 1.82) is 0 Å². The van der Waals surface area contributed by atoms with E-state index in [9.17, 15) is 0 Å². The predicted molar refractivity (Wildman–Crippen MR) is 70.1 cm³/mol. The Labute approximate surface area is 109 Å². The van der Waals surface area contributed by atoms with Gasteiger partial charge in [-0.3, -0.25) is 5.10 Å². The molecule has 3 rings (SSSR count). The van der Waals surface area contributed by atoms with E-state index in [1.165, 1.54) is 0 Å². The van der Waals surface area contributed by atoms with Gasteiger partial charge in [0.1, 0.15) is 0 Å². The van der Waals surface area contributed by atoms with Gasteiger partial charge in [-0.15, -0.1) is 5.10 Å². The third-order valence-corrected chi connectivity index (χ3v) is 2.78. The maximum Gasteiger partial charge on any atom is 0.181 e. The van der Waals surface area contributed by atoms with E-state index in [0.717, 1.165) is 22.8 Å². The normalized spacial score (nSPS) is 10.6. The van der Waals surface area contributed by atoms with Crippen molar-refractivity contribution >= 4 is 5.69 Å². The summed E-state index contributed by atoms with van der Waals surface area (Å²) in [5, 5.41) is 21.6. The highest BCUT2D eigenvalue weighted by atomic mass is 15.5. The standard InChI is InChI=1S/C12H13N7/c1-19-12(16-17-18-19)9-3-2-4-10(7-9)13-8-11-5-6-14-15-11/h2-7,13H,8H2,1H3,(H,14,15). The van der Waals surface area contributed by atoms with Gasteiger partial charge >= 0.3 is 0 Å². The van der Waals surface area contributed by atoms with E-state index in [4.69, 9.17) is 0 Å². The number of aromatic amines is 1. The van der Waals surface area contributed by atoms with Gasteiger partial charge < -0.3 is 5.32 Å². The lowest BCUT2D eigenvalue weighted by molar-refractivity contribution is 0.714. The number of benzene rings is 1. The Morgan fingerprint density at radius 1 is 1.32 bits per heavy atom. The number of anilines is 1. The molecule has 0 unspecified atom stereocenters. The van der Waals surface area contributed by atoms with E-state index in [-0.39, 0.29) is 0 Å². The molecule has 1 aromatic carbocycles. The topological polar surface area (TPSA) is 84.3 Å². The smallest absolute Gasteiger partial charge is 0.181 e. The molecule has 0 saturated heterocycles. The molecule has 2 N–H and O–H groups in total. The number of nitrogens with zero attached hydrogens (tertiary/aromatic N) is 5. The number of hydrogen-bond donors (Lipinski definition) is 2. The van der Waals surface area contributed by atoms with Gasteiger partial charge in [-0.05, 0) is 28.6 Å². The molecular formula is C12H13N7. The fourth-order valence-corrected chi connectivity index (χ4v) is 1.82. The van der Waals surface area contributed by atoms with Crippen molar-refractivity contribution in [1.82, 2.24) is 30.4 Å². The summed E-state index contributed by atoms with van der Waals surface area (Å²) in [6, 6.07) is 9.90. The van der Waals surface area contributed by atoms with Gasteiger partial charge in [0.15, 0.2) is 5.82 Å². The van der Waals surface area contributed by atoms with Crippen LogP contribution in [-0.4, -0.2) is 30.4 Å². The van der Waals surface area contributed by atoms with Crippen LogP contribution < -0.4 is 5.32 Å². The number of H-pyrrole nitrogens is 1. The molecule has 7 nitrogen and oxygen atoms in total. The molecule has 0 aliphatic rings. The first-order valence-electron chi connectivity index (χ1n) is 5.88. The number of nitrogens with one attached hydrogen (secondary N) is 2. The fourth-order valence-electron chi connectivity index (χ4n) is 1.82. The van der Waals surface area contributed by atoms with E-state index in [0.29, 0.717) is 6.54 Å². The lowest BCUT2D eigenvalue weighted by Gasteiger charge is -2.06. The minimum atomic E-state index is 0.695. The summed E-state index contributed by atoms with van der Waals surface area (Å²) in [6.45, 7) is 0.695. The molecule has 0 atom stereocenters. The second-order valence-electron chi connectivity index (χ2n) is 4.14. The number of aromatic nitrogens is 6. The molecule has 0 aliphatic heterocycles. The van der Waals surface area contributed by atoms with E-state index in [1.54, 1.807) is 10.9 Å². The zero-order valence-electron chi connectivity index (χ0n) is 10.4. The van der Waals surface area contributed by atoms with E-state index < -0.39 is 0 Å². The van der Waals surface area contributed by atoms with Crippen molar-refractivity contribution in [2.24, 2.45) is 7.05 Å². The molecule has 0 saturated carbocycles. The highest BCUT2D eigenvalue weighted by Gasteiger charge is 2.06. The second kappa shape index (κ2) is 4.89. The summed E-state index contributed by atoms with van der Waals surface area (Å²) in [5.74, 6) is 0.741. The molecule has 96 valence electrons. The summed E-state index contributed by atoms with van der Waals surface area (Å²) >= 11 is 0. The molecule has 0 radical (unpaired) electrons. The van der Waals surface area contributed by atoms with Gasteiger partial charge in [-0.1, -0.05) is 12.1 Å². The van der Waals surface area contributed by atoms with Crippen molar-refractivity contribution in [3.05, 3.63) is 42.2 Å². The number of aryl methyl sites for hydroxylation is 1. The Bertz CT molecular complexity index is 656. The average Bonchev–Trinajstić information content (AvgIpc) is 3.08. The van der Waals surface area contributed by atoms with Gasteiger partial charge in [0.25, 0.3) is 0 Å². The van der Waals surface area contributed by atoms with Crippen molar-refractivity contribution in [2.45, 2.75) is 6.54 Å². The minimum absolute atomic E-state index is 0.695. The summed E-state index contributed by atoms with van der Waals surface area (Å²) in [5.41, 5.74) is 3.02. The van der Waals surface area contributed by atoms with Crippen LogP contribution in [-0.2, 0) is 13.6 Å². The summed E-state index contributed by atoms with van der Waals surface area (Å²) < 4.78 is 1.65. The Kier molecular flexibility index (Phi) is 2.93. The fraction of sp³-hybridized carbons (Fsp3) is 0.167. The summed E-state index contributed by atoms with van der Waals surface area (Å²) in [6.07, 6.45) is 1.73. The average molecular weight is 255 g/mol. The van der Waals surface area contributed by atoms with Crippen LogP contribution in [0.4, 0.5) is 5.69 Å². The van der Waals surface area contributed by atoms with Crippen LogP contribution in [0.5, 0.6) is 0 Å². The lowest BCUT2D eigenvalue weighted by atomic mass is 10.2. The Balaban J connectivity index is 1.78. The van der Waals surface area contributed by atoms with Crippen LogP contribution >= 0.6 is 0 Å². The number of tetrazole rings is 1. The SMILES string of the molecule is Cn1nnnc1-c1cccc(NCc2ccn[nH]2)c1. The predicted octanol–water partition coefficient (Wildman–Crippen LogP) is 1.21. The lowest BCUT2D eigenvalue weighted by Crippen LogP contribution is -2.00. The zero-order valence-corrected chi connectivity index (χ0v) is 10.4. The maximum absolute atomic E-state index is 4.00. The molecule has 2 aromatic heterocycles. The maximum atomic E-state index is 4.00. The van der Waals surface area contributed by atoms with Crippen LogP contribution in [0.25, 0.3) is 11.4 Å². The van der Waals surface area contributed by atoms with Crippen LogP contribution in [0.1, 0.15) is 5.69 Å². The van der Waals surface area contributed by atoms with E-state index in [2.05, 4.69) is 31.0 Å². The van der Waals surface area contributed by atoms with Crippen LogP contribution in [0, 0.1) is 0 Å². The molecule has 3 aromatic rings. The van der Waals surface area contributed by atoms with Crippen LogP contribution in [0.15, 0.2) is 36.5 Å². The Hall–Kier alpha value is -2.70. The van der Waals surface area contributed by atoms with Gasteiger partial charge in [0, 0.05) is 24.5 Å². The van der Waals surface area contributed by atoms with E-state index >= 15 is 0 Å². The number of hydrogen-bond acceptors (Lipinski definition) is 5. The van der Waals surface area contributed by atoms with E-state index in [1.807, 2.05) is 37.4 Å². The van der Waals surface area contributed by atoms with Crippen molar-refractivity contribution in [3.63, 3.8) is 0 Å². The first-order valence-corrected chi connectivity index (χ1v) is 5.88. The molecule has 0 bridgehead atoms. The summed E-state index contributed by atoms with van der Waals surface area (Å²) in [4.78, 5) is 0. The molecule has 0 spiro atoms. The first-order chi connectivity index (χ1) is 9.33. The summed E-state index contributed by atoms with van der Waals surface area (Å²) in [7, 11) is 1.82. The second-order valence-corrected chi connectivity index (χ2v) is 4.14. The highest BCUT2D eigenvalue weighted by Crippen LogP contribution is 2.19. The van der Waals surface area contributed by atoms with Crippen LogP contribution in [0.3, 0.4) is 0 Å². The monoisotopic (exact) mass is 255 g/mol. The molecule has 19 heavy (non-hydrogen) atoms. The quantitative estimate of drug-likeness (QED) is 0.732. The molecule has 2 heterocycles. The molecule has 0 fully saturated rings. The zero-order chi connectivity index (χ0) is 13.1. The molecule has 0 aliphatic carbocycles. The van der Waals surface area contributed by atoms with Gasteiger partial charge in [0.2, 0.25) is 0 Å². The third kappa shape index (κ3) is 2.44. The van der Waals surface area contributed by atoms with Gasteiger partial charge in [-0.25, -0.2) is 4.68 Å². The largest absolute Gasteiger partial charge is 0.379 e. The number of rotatable bonds is 4. The third-order valence-electron chi connectivity index (χ3n) is 2.78. The van der Waals surface area contributed by atoms with Crippen molar-refractivity contribution in [3.8, 4) is 11.4 Å². The van der Waals surface area contributed by atoms with Crippen molar-refractivity contribution in [2.75, 3.05) is 5.32 Å². The molecule has 0 amide bonds. The Morgan fingerprint density at radius 2 is 2.26 bits per heavy atom. The van der Waals surface area contributed by atoms with Gasteiger partial charge in [-0.2, -0.15) is 5.10 Å². The molecule has 7 heteroatoms.